The van der Waals surface area contributed by atoms with Crippen LogP contribution in [0.15, 0.2) is 18.2 Å². The van der Waals surface area contributed by atoms with Crippen molar-refractivity contribution >= 4 is 0 Å². The third-order valence-corrected chi connectivity index (χ3v) is 2.36. The van der Waals surface area contributed by atoms with Crippen molar-refractivity contribution in [2.75, 3.05) is 0 Å². The van der Waals surface area contributed by atoms with E-state index in [9.17, 15) is 8.78 Å². The Labute approximate surface area is 84.0 Å². The van der Waals surface area contributed by atoms with Crippen molar-refractivity contribution in [2.45, 2.75) is 33.1 Å². The molecular formula is C12H16F2. The SMILES string of the molecule is CCCC(C)Cc1cc(F)ccc1F. The van der Waals surface area contributed by atoms with Gasteiger partial charge in [0.1, 0.15) is 11.6 Å². The molecule has 0 saturated heterocycles. The second kappa shape index (κ2) is 5.08. The van der Waals surface area contributed by atoms with Gasteiger partial charge in [0.2, 0.25) is 0 Å². The highest BCUT2D eigenvalue weighted by Gasteiger charge is 2.08. The van der Waals surface area contributed by atoms with Crippen LogP contribution < -0.4 is 0 Å². The van der Waals surface area contributed by atoms with Crippen molar-refractivity contribution in [1.82, 2.24) is 0 Å². The first-order chi connectivity index (χ1) is 6.63. The molecule has 1 rings (SSSR count). The Morgan fingerprint density at radius 3 is 2.64 bits per heavy atom. The normalized spacial score (nSPS) is 12.9. The fraction of sp³-hybridized carbons (Fsp3) is 0.500. The Balaban J connectivity index is 2.70. The largest absolute Gasteiger partial charge is 0.207 e. The summed E-state index contributed by atoms with van der Waals surface area (Å²) >= 11 is 0. The summed E-state index contributed by atoms with van der Waals surface area (Å²) in [5.41, 5.74) is 0.492. The van der Waals surface area contributed by atoms with Gasteiger partial charge in [-0.1, -0.05) is 26.7 Å². The molecule has 0 bridgehead atoms. The van der Waals surface area contributed by atoms with Crippen LogP contribution in [0.1, 0.15) is 32.3 Å². The molecule has 0 saturated carbocycles. The molecule has 0 nitrogen and oxygen atoms in total. The number of hydrogen-bond donors (Lipinski definition) is 0. The van der Waals surface area contributed by atoms with Gasteiger partial charge >= 0.3 is 0 Å². The zero-order valence-electron chi connectivity index (χ0n) is 8.69. The summed E-state index contributed by atoms with van der Waals surface area (Å²) in [7, 11) is 0. The Morgan fingerprint density at radius 1 is 1.29 bits per heavy atom. The minimum Gasteiger partial charge on any atom is -0.207 e. The predicted molar refractivity (Wildman–Crippen MR) is 54.1 cm³/mol. The average molecular weight is 198 g/mol. The Kier molecular flexibility index (Phi) is 4.05. The van der Waals surface area contributed by atoms with Gasteiger partial charge in [-0.3, -0.25) is 0 Å². The van der Waals surface area contributed by atoms with E-state index in [-0.39, 0.29) is 11.6 Å². The first-order valence-corrected chi connectivity index (χ1v) is 5.07. The number of rotatable bonds is 4. The summed E-state index contributed by atoms with van der Waals surface area (Å²) in [5.74, 6) is -0.240. The maximum absolute atomic E-state index is 13.2. The molecule has 2 heteroatoms. The molecule has 1 aromatic carbocycles. The summed E-state index contributed by atoms with van der Waals surface area (Å²) in [6.07, 6.45) is 2.76. The van der Waals surface area contributed by atoms with Gasteiger partial charge in [0.25, 0.3) is 0 Å². The molecule has 0 aliphatic rings. The minimum atomic E-state index is -0.356. The first-order valence-electron chi connectivity index (χ1n) is 5.07. The molecule has 1 atom stereocenters. The van der Waals surface area contributed by atoms with Crippen LogP contribution in [0.2, 0.25) is 0 Å². The van der Waals surface area contributed by atoms with Crippen LogP contribution in [-0.4, -0.2) is 0 Å². The molecule has 0 spiro atoms. The van der Waals surface area contributed by atoms with Gasteiger partial charge in [-0.2, -0.15) is 0 Å². The third-order valence-electron chi connectivity index (χ3n) is 2.36. The fourth-order valence-corrected chi connectivity index (χ4v) is 1.67. The average Bonchev–Trinajstić information content (AvgIpc) is 2.12. The van der Waals surface area contributed by atoms with E-state index in [0.717, 1.165) is 18.9 Å². The van der Waals surface area contributed by atoms with E-state index in [2.05, 4.69) is 13.8 Å². The zero-order valence-corrected chi connectivity index (χ0v) is 8.69. The molecule has 0 aromatic heterocycles. The molecule has 0 N–H and O–H groups in total. The van der Waals surface area contributed by atoms with Crippen molar-refractivity contribution in [3.05, 3.63) is 35.4 Å². The smallest absolute Gasteiger partial charge is 0.126 e. The molecular weight excluding hydrogens is 182 g/mol. The molecule has 0 aliphatic heterocycles. The van der Waals surface area contributed by atoms with Gasteiger partial charge < -0.3 is 0 Å². The lowest BCUT2D eigenvalue weighted by Crippen LogP contribution is -2.01. The van der Waals surface area contributed by atoms with Gasteiger partial charge in [0.05, 0.1) is 0 Å². The van der Waals surface area contributed by atoms with Gasteiger partial charge in [0, 0.05) is 0 Å². The van der Waals surface area contributed by atoms with Crippen molar-refractivity contribution in [3.8, 4) is 0 Å². The van der Waals surface area contributed by atoms with Crippen molar-refractivity contribution in [1.29, 1.82) is 0 Å². The molecule has 0 radical (unpaired) electrons. The second-order valence-electron chi connectivity index (χ2n) is 3.83. The zero-order chi connectivity index (χ0) is 10.6. The Bertz CT molecular complexity index is 294. The minimum absolute atomic E-state index is 0.297. The standard InChI is InChI=1S/C12H16F2/c1-3-4-9(2)7-10-8-11(13)5-6-12(10)14/h5-6,8-9H,3-4,7H2,1-2H3. The lowest BCUT2D eigenvalue weighted by Gasteiger charge is -2.10. The van der Waals surface area contributed by atoms with Crippen molar-refractivity contribution in [3.63, 3.8) is 0 Å². The number of benzene rings is 1. The summed E-state index contributed by atoms with van der Waals surface area (Å²) in [5, 5.41) is 0. The van der Waals surface area contributed by atoms with Crippen LogP contribution in [0.5, 0.6) is 0 Å². The molecule has 78 valence electrons. The van der Waals surface area contributed by atoms with Crippen molar-refractivity contribution in [2.24, 2.45) is 5.92 Å². The van der Waals surface area contributed by atoms with E-state index < -0.39 is 0 Å². The molecule has 0 heterocycles. The van der Waals surface area contributed by atoms with Gasteiger partial charge in [-0.15, -0.1) is 0 Å². The number of hydrogen-bond acceptors (Lipinski definition) is 0. The van der Waals surface area contributed by atoms with Gasteiger partial charge in [0.15, 0.2) is 0 Å². The topological polar surface area (TPSA) is 0 Å². The van der Waals surface area contributed by atoms with Crippen LogP contribution in [0.4, 0.5) is 8.78 Å². The summed E-state index contributed by atoms with van der Waals surface area (Å²) in [4.78, 5) is 0. The summed E-state index contributed by atoms with van der Waals surface area (Å²) in [6.45, 7) is 4.16. The molecule has 1 aromatic rings. The number of halogens is 2. The Hall–Kier alpha value is -0.920. The van der Waals surface area contributed by atoms with E-state index in [1.54, 1.807) is 0 Å². The second-order valence-corrected chi connectivity index (χ2v) is 3.83. The highest BCUT2D eigenvalue weighted by atomic mass is 19.1. The van der Waals surface area contributed by atoms with Crippen LogP contribution in [0, 0.1) is 17.6 Å². The first kappa shape index (κ1) is 11.2. The fourth-order valence-electron chi connectivity index (χ4n) is 1.67. The molecule has 0 amide bonds. The van der Waals surface area contributed by atoms with Crippen LogP contribution in [0.25, 0.3) is 0 Å². The highest BCUT2D eigenvalue weighted by molar-refractivity contribution is 5.19. The van der Waals surface area contributed by atoms with E-state index in [1.165, 1.54) is 12.1 Å². The lowest BCUT2D eigenvalue weighted by molar-refractivity contribution is 0.500. The van der Waals surface area contributed by atoms with Gasteiger partial charge in [-0.25, -0.2) is 8.78 Å². The van der Waals surface area contributed by atoms with E-state index in [1.807, 2.05) is 0 Å². The lowest BCUT2D eigenvalue weighted by atomic mass is 9.97. The van der Waals surface area contributed by atoms with Crippen LogP contribution in [0.3, 0.4) is 0 Å². The van der Waals surface area contributed by atoms with E-state index >= 15 is 0 Å². The maximum atomic E-state index is 13.2. The van der Waals surface area contributed by atoms with Gasteiger partial charge in [-0.05, 0) is 36.1 Å². The third kappa shape index (κ3) is 3.09. The van der Waals surface area contributed by atoms with Crippen LogP contribution >= 0.6 is 0 Å². The summed E-state index contributed by atoms with van der Waals surface area (Å²) in [6, 6.07) is 3.65. The molecule has 14 heavy (non-hydrogen) atoms. The summed E-state index contributed by atoms with van der Waals surface area (Å²) < 4.78 is 26.0. The predicted octanol–water partition coefficient (Wildman–Crippen LogP) is 3.94. The quantitative estimate of drug-likeness (QED) is 0.687. The maximum Gasteiger partial charge on any atom is 0.126 e. The molecule has 0 aliphatic carbocycles. The van der Waals surface area contributed by atoms with Crippen LogP contribution in [-0.2, 0) is 6.42 Å². The van der Waals surface area contributed by atoms with E-state index in [4.69, 9.17) is 0 Å². The Morgan fingerprint density at radius 2 is 2.00 bits per heavy atom. The monoisotopic (exact) mass is 198 g/mol. The van der Waals surface area contributed by atoms with E-state index in [0.29, 0.717) is 17.9 Å². The molecule has 0 fully saturated rings. The highest BCUT2D eigenvalue weighted by Crippen LogP contribution is 2.17. The molecule has 1 unspecified atom stereocenters. The van der Waals surface area contributed by atoms with Crippen molar-refractivity contribution < 1.29 is 8.78 Å².